The highest BCUT2D eigenvalue weighted by Gasteiger charge is 2.35. The van der Waals surface area contributed by atoms with E-state index in [1.807, 2.05) is 61.7 Å². The predicted octanol–water partition coefficient (Wildman–Crippen LogP) is 5.95. The van der Waals surface area contributed by atoms with Crippen LogP contribution in [0.3, 0.4) is 0 Å². The third kappa shape index (κ3) is 5.38. The fraction of sp³-hybridized carbons (Fsp3) is 0.290. The first-order valence-corrected chi connectivity index (χ1v) is 13.0. The number of para-hydroxylation sites is 2. The summed E-state index contributed by atoms with van der Waals surface area (Å²) >= 11 is 0. The van der Waals surface area contributed by atoms with Crippen molar-refractivity contribution in [3.8, 4) is 5.75 Å². The first-order valence-electron chi connectivity index (χ1n) is 13.0. The van der Waals surface area contributed by atoms with Crippen molar-refractivity contribution in [3.05, 3.63) is 95.7 Å². The number of aromatic nitrogens is 1. The normalized spacial score (nSPS) is 14.8. The summed E-state index contributed by atoms with van der Waals surface area (Å²) < 4.78 is 0. The maximum atomic E-state index is 14.2. The number of H-pyrrole nitrogens is 1. The molecular formula is C31H33N3O3. The lowest BCUT2D eigenvalue weighted by molar-refractivity contribution is -0.127. The van der Waals surface area contributed by atoms with E-state index in [0.29, 0.717) is 11.3 Å². The molecule has 5 rings (SSSR count). The molecule has 1 fully saturated rings. The summed E-state index contributed by atoms with van der Waals surface area (Å²) in [6.07, 6.45) is 7.28. The van der Waals surface area contributed by atoms with Gasteiger partial charge in [-0.05, 0) is 60.7 Å². The van der Waals surface area contributed by atoms with E-state index in [9.17, 15) is 14.7 Å². The van der Waals surface area contributed by atoms with Crippen LogP contribution in [0.4, 0.5) is 5.69 Å². The highest BCUT2D eigenvalue weighted by molar-refractivity contribution is 6.04. The Kier molecular flexibility index (Phi) is 7.26. The van der Waals surface area contributed by atoms with Crippen LogP contribution in [-0.2, 0) is 16.0 Å². The fourth-order valence-electron chi connectivity index (χ4n) is 5.38. The van der Waals surface area contributed by atoms with Crippen LogP contribution in [0, 0.1) is 6.92 Å². The minimum absolute atomic E-state index is 0.100. The molecule has 37 heavy (non-hydrogen) atoms. The van der Waals surface area contributed by atoms with Gasteiger partial charge in [-0.25, -0.2) is 0 Å². The Bertz CT molecular complexity index is 1390. The SMILES string of the molecule is Cc1ccccc1N(C(=O)Cc1c[nH]c2ccccc12)C(C(=O)NC1CCCCC1)c1ccc(O)cc1. The van der Waals surface area contributed by atoms with Crippen LogP contribution in [-0.4, -0.2) is 27.9 Å². The molecule has 1 heterocycles. The number of hydrogen-bond donors (Lipinski definition) is 3. The molecule has 0 aliphatic heterocycles. The molecule has 1 atom stereocenters. The number of rotatable bonds is 7. The van der Waals surface area contributed by atoms with E-state index in [1.54, 1.807) is 29.2 Å². The number of phenols is 1. The Morgan fingerprint density at radius 3 is 2.43 bits per heavy atom. The Morgan fingerprint density at radius 1 is 0.973 bits per heavy atom. The molecule has 0 saturated heterocycles. The van der Waals surface area contributed by atoms with E-state index in [4.69, 9.17) is 0 Å². The molecular weight excluding hydrogens is 462 g/mol. The Morgan fingerprint density at radius 2 is 1.68 bits per heavy atom. The van der Waals surface area contributed by atoms with Crippen molar-refractivity contribution in [3.63, 3.8) is 0 Å². The summed E-state index contributed by atoms with van der Waals surface area (Å²) in [5.41, 5.74) is 4.11. The van der Waals surface area contributed by atoms with Gasteiger partial charge in [0.05, 0.1) is 6.42 Å². The van der Waals surface area contributed by atoms with E-state index >= 15 is 0 Å². The molecule has 1 saturated carbocycles. The fourth-order valence-corrected chi connectivity index (χ4v) is 5.38. The van der Waals surface area contributed by atoms with Gasteiger partial charge in [0.2, 0.25) is 11.8 Å². The summed E-state index contributed by atoms with van der Waals surface area (Å²) in [5.74, 6) is -0.258. The molecule has 2 amide bonds. The van der Waals surface area contributed by atoms with Crippen molar-refractivity contribution in [2.24, 2.45) is 0 Å². The van der Waals surface area contributed by atoms with Crippen molar-refractivity contribution >= 4 is 28.4 Å². The molecule has 1 aromatic heterocycles. The highest BCUT2D eigenvalue weighted by atomic mass is 16.3. The Balaban J connectivity index is 1.57. The second-order valence-electron chi connectivity index (χ2n) is 9.92. The number of aryl methyl sites for hydroxylation is 1. The maximum absolute atomic E-state index is 14.2. The lowest BCUT2D eigenvalue weighted by Crippen LogP contribution is -2.48. The molecule has 190 valence electrons. The van der Waals surface area contributed by atoms with Crippen LogP contribution in [0.25, 0.3) is 10.9 Å². The quantitative estimate of drug-likeness (QED) is 0.296. The Hall–Kier alpha value is -4.06. The van der Waals surface area contributed by atoms with E-state index < -0.39 is 6.04 Å². The van der Waals surface area contributed by atoms with Gasteiger partial charge in [-0.15, -0.1) is 0 Å². The first-order chi connectivity index (χ1) is 18.0. The second kappa shape index (κ2) is 10.9. The van der Waals surface area contributed by atoms with Gasteiger partial charge >= 0.3 is 0 Å². The number of aromatic hydroxyl groups is 1. The molecule has 1 unspecified atom stereocenters. The second-order valence-corrected chi connectivity index (χ2v) is 9.92. The van der Waals surface area contributed by atoms with Crippen LogP contribution >= 0.6 is 0 Å². The number of aromatic amines is 1. The van der Waals surface area contributed by atoms with Gasteiger partial charge in [0.25, 0.3) is 0 Å². The molecule has 0 bridgehead atoms. The number of carbonyl (C=O) groups is 2. The zero-order chi connectivity index (χ0) is 25.8. The average molecular weight is 496 g/mol. The monoisotopic (exact) mass is 495 g/mol. The van der Waals surface area contributed by atoms with E-state index in [-0.39, 0.29) is 30.0 Å². The van der Waals surface area contributed by atoms with Crippen LogP contribution in [0.1, 0.15) is 54.8 Å². The standard InChI is InChI=1S/C31H33N3O3/c1-21-9-5-8-14-28(21)34(29(36)19-23-20-32-27-13-7-6-12-26(23)27)30(22-15-17-25(35)18-16-22)31(37)33-24-10-3-2-4-11-24/h5-9,12-18,20,24,30,32,35H,2-4,10-11,19H2,1H3,(H,33,37). The van der Waals surface area contributed by atoms with Gasteiger partial charge in [-0.3, -0.25) is 14.5 Å². The van der Waals surface area contributed by atoms with Crippen LogP contribution in [0.2, 0.25) is 0 Å². The number of fused-ring (bicyclic) bond motifs is 1. The van der Waals surface area contributed by atoms with Crippen molar-refractivity contribution in [2.45, 2.75) is 57.5 Å². The van der Waals surface area contributed by atoms with Gasteiger partial charge in [0.1, 0.15) is 11.8 Å². The molecule has 4 aromatic rings. The molecule has 1 aliphatic rings. The Labute approximate surface area is 217 Å². The van der Waals surface area contributed by atoms with Gasteiger partial charge in [0, 0.05) is 28.8 Å². The summed E-state index contributed by atoms with van der Waals surface area (Å²) in [4.78, 5) is 33.0. The van der Waals surface area contributed by atoms with E-state index in [0.717, 1.165) is 47.7 Å². The largest absolute Gasteiger partial charge is 0.508 e. The predicted molar refractivity (Wildman–Crippen MR) is 147 cm³/mol. The van der Waals surface area contributed by atoms with Gasteiger partial charge in [0.15, 0.2) is 0 Å². The summed E-state index contributed by atoms with van der Waals surface area (Å²) in [6.45, 7) is 1.95. The number of nitrogens with one attached hydrogen (secondary N) is 2. The lowest BCUT2D eigenvalue weighted by Gasteiger charge is -2.34. The number of hydrogen-bond acceptors (Lipinski definition) is 3. The van der Waals surface area contributed by atoms with E-state index in [1.165, 1.54) is 6.42 Å². The number of amides is 2. The van der Waals surface area contributed by atoms with Crippen molar-refractivity contribution in [1.29, 1.82) is 0 Å². The molecule has 0 radical (unpaired) electrons. The lowest BCUT2D eigenvalue weighted by atomic mass is 9.94. The van der Waals surface area contributed by atoms with Crippen molar-refractivity contribution in [1.82, 2.24) is 10.3 Å². The molecule has 3 aromatic carbocycles. The first kappa shape index (κ1) is 24.6. The number of nitrogens with zero attached hydrogens (tertiary/aromatic N) is 1. The minimum Gasteiger partial charge on any atom is -0.508 e. The number of benzene rings is 3. The molecule has 0 spiro atoms. The maximum Gasteiger partial charge on any atom is 0.248 e. The smallest absolute Gasteiger partial charge is 0.248 e. The van der Waals surface area contributed by atoms with Crippen molar-refractivity contribution < 1.29 is 14.7 Å². The van der Waals surface area contributed by atoms with E-state index in [2.05, 4.69) is 10.3 Å². The van der Waals surface area contributed by atoms with Crippen LogP contribution in [0.5, 0.6) is 5.75 Å². The van der Waals surface area contributed by atoms with Crippen LogP contribution in [0.15, 0.2) is 79.0 Å². The highest BCUT2D eigenvalue weighted by Crippen LogP contribution is 2.33. The molecule has 6 heteroatoms. The molecule has 3 N–H and O–H groups in total. The summed E-state index contributed by atoms with van der Waals surface area (Å²) in [6, 6.07) is 21.4. The zero-order valence-electron chi connectivity index (χ0n) is 21.1. The topological polar surface area (TPSA) is 85.4 Å². The third-order valence-corrected chi connectivity index (χ3v) is 7.33. The van der Waals surface area contributed by atoms with Gasteiger partial charge < -0.3 is 15.4 Å². The van der Waals surface area contributed by atoms with Gasteiger partial charge in [-0.2, -0.15) is 0 Å². The van der Waals surface area contributed by atoms with Gasteiger partial charge in [-0.1, -0.05) is 67.8 Å². The summed E-state index contributed by atoms with van der Waals surface area (Å²) in [7, 11) is 0. The summed E-state index contributed by atoms with van der Waals surface area (Å²) in [5, 5.41) is 14.2. The number of carbonyl (C=O) groups excluding carboxylic acids is 2. The van der Waals surface area contributed by atoms with Crippen molar-refractivity contribution in [2.75, 3.05) is 4.90 Å². The average Bonchev–Trinajstić information content (AvgIpc) is 3.31. The third-order valence-electron chi connectivity index (χ3n) is 7.33. The van der Waals surface area contributed by atoms with Crippen LogP contribution < -0.4 is 10.2 Å². The number of anilines is 1. The minimum atomic E-state index is -0.874. The zero-order valence-corrected chi connectivity index (χ0v) is 21.1. The molecule has 1 aliphatic carbocycles. The number of phenolic OH excluding ortho intramolecular Hbond substituents is 1. The molecule has 6 nitrogen and oxygen atoms in total.